The van der Waals surface area contributed by atoms with Gasteiger partial charge in [-0.25, -0.2) is 9.67 Å². The van der Waals surface area contributed by atoms with Crippen molar-refractivity contribution in [3.63, 3.8) is 0 Å². The predicted octanol–water partition coefficient (Wildman–Crippen LogP) is 3.05. The largest absolute Gasteiger partial charge is 0.475 e. The van der Waals surface area contributed by atoms with Gasteiger partial charge >= 0.3 is 0 Å². The lowest BCUT2D eigenvalue weighted by atomic mass is 10.0. The summed E-state index contributed by atoms with van der Waals surface area (Å²) in [5.74, 6) is 1.16. The molecule has 152 valence electrons. The van der Waals surface area contributed by atoms with Crippen molar-refractivity contribution in [1.29, 1.82) is 0 Å². The molecule has 29 heavy (non-hydrogen) atoms. The highest BCUT2D eigenvalue weighted by molar-refractivity contribution is 5.79. The van der Waals surface area contributed by atoms with E-state index in [1.54, 1.807) is 0 Å². The zero-order chi connectivity index (χ0) is 19.6. The Kier molecular flexibility index (Phi) is 3.65. The number of nitrogens with zero attached hydrogens (tertiary/aromatic N) is 6. The molecule has 1 atom stereocenters. The fourth-order valence-corrected chi connectivity index (χ4v) is 4.61. The fraction of sp³-hybridized carbons (Fsp3) is 0.600. The summed E-state index contributed by atoms with van der Waals surface area (Å²) in [4.78, 5) is 9.25. The number of hydrogen-bond donors (Lipinski definition) is 1. The molecule has 0 radical (unpaired) electrons. The van der Waals surface area contributed by atoms with Crippen molar-refractivity contribution in [2.24, 2.45) is 0 Å². The number of rotatable bonds is 1. The third kappa shape index (κ3) is 2.78. The van der Waals surface area contributed by atoms with Gasteiger partial charge in [0.15, 0.2) is 5.65 Å². The van der Waals surface area contributed by atoms with Crippen molar-refractivity contribution in [2.75, 3.05) is 18.5 Å². The molecular weight excluding hydrogens is 370 g/mol. The Hall–Kier alpha value is -2.68. The summed E-state index contributed by atoms with van der Waals surface area (Å²) in [7, 11) is 0. The average Bonchev–Trinajstić information content (AvgIpc) is 3.29. The summed E-state index contributed by atoms with van der Waals surface area (Å²) >= 11 is 0. The molecular formula is C20H25N7O2. The highest BCUT2D eigenvalue weighted by Gasteiger charge is 2.48. The lowest BCUT2D eigenvalue weighted by molar-refractivity contribution is -0.0274. The molecule has 0 amide bonds. The van der Waals surface area contributed by atoms with Crippen molar-refractivity contribution in [3.8, 4) is 5.88 Å². The van der Waals surface area contributed by atoms with E-state index in [1.807, 2.05) is 17.8 Å². The molecule has 3 aliphatic rings. The summed E-state index contributed by atoms with van der Waals surface area (Å²) in [6, 6.07) is 0.338. The van der Waals surface area contributed by atoms with Crippen LogP contribution in [0.1, 0.15) is 49.5 Å². The minimum absolute atomic E-state index is 0.0984. The van der Waals surface area contributed by atoms with Crippen molar-refractivity contribution in [1.82, 2.24) is 29.5 Å². The smallest absolute Gasteiger partial charge is 0.257 e. The van der Waals surface area contributed by atoms with Crippen LogP contribution in [0.4, 0.5) is 11.6 Å². The number of aromatic nitrogens is 6. The van der Waals surface area contributed by atoms with E-state index in [-0.39, 0.29) is 5.60 Å². The number of anilines is 2. The van der Waals surface area contributed by atoms with Crippen molar-refractivity contribution < 1.29 is 9.47 Å². The molecule has 0 unspecified atom stereocenters. The maximum absolute atomic E-state index is 6.10. The Balaban J connectivity index is 1.40. The van der Waals surface area contributed by atoms with Crippen LogP contribution >= 0.6 is 0 Å². The summed E-state index contributed by atoms with van der Waals surface area (Å²) in [6.07, 6.45) is 7.01. The molecule has 9 nitrogen and oxygen atoms in total. The van der Waals surface area contributed by atoms with E-state index < -0.39 is 0 Å². The summed E-state index contributed by atoms with van der Waals surface area (Å²) in [5, 5.41) is 13.8. The van der Waals surface area contributed by atoms with Gasteiger partial charge in [-0.05, 0) is 39.5 Å². The molecule has 3 aromatic rings. The van der Waals surface area contributed by atoms with Crippen LogP contribution in [-0.2, 0) is 11.3 Å². The first-order chi connectivity index (χ1) is 14.1. The molecule has 1 aliphatic carbocycles. The second-order valence-corrected chi connectivity index (χ2v) is 8.45. The van der Waals surface area contributed by atoms with Crippen LogP contribution < -0.4 is 10.1 Å². The summed E-state index contributed by atoms with van der Waals surface area (Å²) < 4.78 is 16.2. The van der Waals surface area contributed by atoms with Crippen molar-refractivity contribution in [3.05, 3.63) is 17.6 Å². The number of aryl methyl sites for hydroxylation is 2. The maximum Gasteiger partial charge on any atom is 0.257 e. The first-order valence-electron chi connectivity index (χ1n) is 10.4. The predicted molar refractivity (Wildman–Crippen MR) is 107 cm³/mol. The van der Waals surface area contributed by atoms with Gasteiger partial charge in [0.2, 0.25) is 5.95 Å². The number of ether oxygens (including phenoxy) is 2. The highest BCUT2D eigenvalue weighted by Crippen LogP contribution is 2.50. The van der Waals surface area contributed by atoms with Gasteiger partial charge < -0.3 is 14.8 Å². The zero-order valence-electron chi connectivity index (χ0n) is 16.8. The Morgan fingerprint density at radius 2 is 2.10 bits per heavy atom. The topological polar surface area (TPSA) is 91.9 Å². The summed E-state index contributed by atoms with van der Waals surface area (Å²) in [6.45, 7) is 6.20. The third-order valence-electron chi connectivity index (χ3n) is 6.40. The van der Waals surface area contributed by atoms with Crippen LogP contribution in [0.3, 0.4) is 0 Å². The van der Waals surface area contributed by atoms with Gasteiger partial charge in [0.05, 0.1) is 35.0 Å². The molecule has 1 saturated carbocycles. The molecule has 2 aliphatic heterocycles. The zero-order valence-corrected chi connectivity index (χ0v) is 16.8. The first kappa shape index (κ1) is 17.2. The van der Waals surface area contributed by atoms with E-state index in [0.29, 0.717) is 24.5 Å². The minimum atomic E-state index is 0.0984. The normalized spacial score (nSPS) is 22.8. The number of nitrogens with one attached hydrogen (secondary N) is 1. The number of hydrogen-bond acceptors (Lipinski definition) is 7. The first-order valence-corrected chi connectivity index (χ1v) is 10.4. The van der Waals surface area contributed by atoms with Gasteiger partial charge in [-0.3, -0.25) is 4.68 Å². The molecule has 1 saturated heterocycles. The van der Waals surface area contributed by atoms with E-state index in [1.165, 1.54) is 12.8 Å². The molecule has 1 spiro atoms. The van der Waals surface area contributed by atoms with Crippen LogP contribution in [0.15, 0.2) is 6.20 Å². The lowest BCUT2D eigenvalue weighted by Crippen LogP contribution is -2.30. The van der Waals surface area contributed by atoms with Gasteiger partial charge in [0.1, 0.15) is 5.69 Å². The van der Waals surface area contributed by atoms with Gasteiger partial charge in [-0.1, -0.05) is 0 Å². The van der Waals surface area contributed by atoms with E-state index in [2.05, 4.69) is 27.0 Å². The van der Waals surface area contributed by atoms with Crippen LogP contribution in [0.2, 0.25) is 0 Å². The minimum Gasteiger partial charge on any atom is -0.475 e. The second kappa shape index (κ2) is 6.16. The van der Waals surface area contributed by atoms with Gasteiger partial charge in [0.25, 0.3) is 5.88 Å². The quantitative estimate of drug-likeness (QED) is 0.677. The Morgan fingerprint density at radius 1 is 1.21 bits per heavy atom. The van der Waals surface area contributed by atoms with Crippen molar-refractivity contribution >= 4 is 22.7 Å². The maximum atomic E-state index is 6.10. The standard InChI is InChI=1S/C20H25N7O2/c1-12-15-11-21-19-22-16-13(2)27(14-4-9-29-20(10-14)5-6-20)25-18(16)28-8-3-7-26(24-12)17(15)23-19/h11,14H,3-10H2,1-2H3,(H,21,22,23)/t14-/m0/s1. The monoisotopic (exact) mass is 395 g/mol. The number of fused-ring (bicyclic) bond motifs is 2. The van der Waals surface area contributed by atoms with E-state index >= 15 is 0 Å². The van der Waals surface area contributed by atoms with Crippen LogP contribution in [0.25, 0.3) is 11.0 Å². The van der Waals surface area contributed by atoms with Crippen LogP contribution in [0, 0.1) is 13.8 Å². The lowest BCUT2D eigenvalue weighted by Gasteiger charge is -2.30. The molecule has 2 fully saturated rings. The molecule has 5 heterocycles. The molecule has 6 rings (SSSR count). The van der Waals surface area contributed by atoms with E-state index in [0.717, 1.165) is 60.5 Å². The van der Waals surface area contributed by atoms with Gasteiger partial charge in [-0.2, -0.15) is 10.1 Å². The molecule has 0 aromatic carbocycles. The Bertz CT molecular complexity index is 1100. The van der Waals surface area contributed by atoms with Crippen LogP contribution in [0.5, 0.6) is 5.88 Å². The average molecular weight is 395 g/mol. The molecule has 1 N–H and O–H groups in total. The van der Waals surface area contributed by atoms with Gasteiger partial charge in [-0.15, -0.1) is 5.10 Å². The van der Waals surface area contributed by atoms with E-state index in [9.17, 15) is 0 Å². The summed E-state index contributed by atoms with van der Waals surface area (Å²) in [5.41, 5.74) is 3.80. The van der Waals surface area contributed by atoms with Crippen molar-refractivity contribution in [2.45, 2.75) is 64.1 Å². The third-order valence-corrected chi connectivity index (χ3v) is 6.40. The highest BCUT2D eigenvalue weighted by atomic mass is 16.5. The Labute approximate surface area is 168 Å². The molecule has 3 aromatic heterocycles. The fourth-order valence-electron chi connectivity index (χ4n) is 4.61. The van der Waals surface area contributed by atoms with Gasteiger partial charge in [0, 0.05) is 25.8 Å². The Morgan fingerprint density at radius 3 is 2.97 bits per heavy atom. The molecule has 9 heteroatoms. The SMILES string of the molecule is Cc1nn2c3nc(ncc13)Nc1c(nn([C@H]3CCOC4(CC4)C3)c1C)OCCC2. The van der Waals surface area contributed by atoms with Crippen LogP contribution in [-0.4, -0.2) is 48.3 Å². The molecule has 2 bridgehead atoms. The van der Waals surface area contributed by atoms with E-state index in [4.69, 9.17) is 19.6 Å². The second-order valence-electron chi connectivity index (χ2n) is 8.45.